The van der Waals surface area contributed by atoms with Crippen LogP contribution in [0, 0.1) is 24.7 Å². The Balaban J connectivity index is 1.91. The highest BCUT2D eigenvalue weighted by molar-refractivity contribution is 5.81. The molecule has 0 aromatic heterocycles. The second-order valence-electron chi connectivity index (χ2n) is 5.79. The highest BCUT2D eigenvalue weighted by atomic mass is 16.5. The molecule has 1 aliphatic rings. The van der Waals surface area contributed by atoms with Gasteiger partial charge in [-0.3, -0.25) is 4.79 Å². The van der Waals surface area contributed by atoms with Crippen molar-refractivity contribution in [2.75, 3.05) is 13.2 Å². The average Bonchev–Trinajstić information content (AvgIpc) is 2.96. The smallest absolute Gasteiger partial charge is 0.407 e. The molecule has 0 aliphatic heterocycles. The summed E-state index contributed by atoms with van der Waals surface area (Å²) in [5, 5.41) is 10.8. The number of hydrogen-bond acceptors (Lipinski definition) is 3. The first kappa shape index (κ1) is 17.1. The van der Waals surface area contributed by atoms with Crippen molar-refractivity contribution in [1.82, 2.24) is 5.32 Å². The first-order valence-electron chi connectivity index (χ1n) is 7.87. The van der Waals surface area contributed by atoms with E-state index in [2.05, 4.69) is 17.2 Å². The zero-order valence-electron chi connectivity index (χ0n) is 13.8. The fraction of sp³-hybridized carbons (Fsp3) is 0.143. The van der Waals surface area contributed by atoms with Gasteiger partial charge in [0, 0.05) is 17.0 Å². The van der Waals surface area contributed by atoms with Gasteiger partial charge in [-0.05, 0) is 46.5 Å². The maximum absolute atomic E-state index is 11.7. The van der Waals surface area contributed by atoms with Gasteiger partial charge in [-0.25, -0.2) is 4.79 Å². The Morgan fingerprint density at radius 3 is 2.04 bits per heavy atom. The number of aliphatic carboxylic acids is 1. The van der Waals surface area contributed by atoms with Crippen molar-refractivity contribution in [3.05, 3.63) is 58.7 Å². The van der Waals surface area contributed by atoms with Crippen molar-refractivity contribution in [2.45, 2.75) is 5.92 Å². The molecule has 128 valence electrons. The van der Waals surface area contributed by atoms with Crippen LogP contribution < -0.4 is 5.32 Å². The van der Waals surface area contributed by atoms with Crippen LogP contribution in [0.25, 0.3) is 11.1 Å². The predicted molar refractivity (Wildman–Crippen MR) is 96.6 cm³/mol. The molecule has 2 N–H and O–H groups in total. The van der Waals surface area contributed by atoms with Crippen molar-refractivity contribution in [2.24, 2.45) is 0 Å². The quantitative estimate of drug-likeness (QED) is 0.835. The topological polar surface area (TPSA) is 75.6 Å². The first-order valence-corrected chi connectivity index (χ1v) is 7.87. The van der Waals surface area contributed by atoms with Crippen LogP contribution >= 0.6 is 0 Å². The highest BCUT2D eigenvalue weighted by Gasteiger charge is 2.30. The van der Waals surface area contributed by atoms with Gasteiger partial charge in [0.2, 0.25) is 0 Å². The van der Waals surface area contributed by atoms with Crippen LogP contribution in [0.5, 0.6) is 0 Å². The summed E-state index contributed by atoms with van der Waals surface area (Å²) < 4.78 is 5.22. The van der Waals surface area contributed by atoms with E-state index in [-0.39, 0.29) is 12.5 Å². The van der Waals surface area contributed by atoms with E-state index >= 15 is 0 Å². The fourth-order valence-corrected chi connectivity index (χ4v) is 3.08. The molecule has 2 aromatic carbocycles. The molecule has 1 aliphatic carbocycles. The summed E-state index contributed by atoms with van der Waals surface area (Å²) in [5.74, 6) is 3.85. The number of ether oxygens (including phenoxy) is 1. The van der Waals surface area contributed by atoms with Gasteiger partial charge in [0.15, 0.2) is 0 Å². The van der Waals surface area contributed by atoms with Gasteiger partial charge in [-0.1, -0.05) is 24.0 Å². The molecule has 0 bridgehead atoms. The summed E-state index contributed by atoms with van der Waals surface area (Å²) >= 11 is 0. The molecule has 0 heterocycles. The van der Waals surface area contributed by atoms with Crippen molar-refractivity contribution < 1.29 is 19.4 Å². The number of benzene rings is 2. The average molecular weight is 345 g/mol. The summed E-state index contributed by atoms with van der Waals surface area (Å²) in [7, 11) is 0. The van der Waals surface area contributed by atoms with Gasteiger partial charge in [0.1, 0.15) is 13.2 Å². The van der Waals surface area contributed by atoms with Crippen molar-refractivity contribution in [3.8, 4) is 35.8 Å². The summed E-state index contributed by atoms with van der Waals surface area (Å²) in [6, 6.07) is 11.4. The number of nitrogens with one attached hydrogen (secondary N) is 1. The molecule has 0 saturated carbocycles. The summed E-state index contributed by atoms with van der Waals surface area (Å²) in [6.07, 6.45) is 10.2. The van der Waals surface area contributed by atoms with Crippen LogP contribution in [0.2, 0.25) is 0 Å². The zero-order chi connectivity index (χ0) is 18.7. The molecule has 5 heteroatoms. The number of hydrogen-bond donors (Lipinski definition) is 2. The van der Waals surface area contributed by atoms with Crippen molar-refractivity contribution in [3.63, 3.8) is 0 Å². The van der Waals surface area contributed by atoms with E-state index in [1.54, 1.807) is 0 Å². The van der Waals surface area contributed by atoms with E-state index < -0.39 is 18.6 Å². The van der Waals surface area contributed by atoms with Crippen LogP contribution in [-0.2, 0) is 9.53 Å². The second kappa shape index (κ2) is 7.04. The van der Waals surface area contributed by atoms with Gasteiger partial charge in [-0.15, -0.1) is 12.8 Å². The lowest BCUT2D eigenvalue weighted by atomic mass is 9.96. The molecule has 0 unspecified atom stereocenters. The molecule has 3 rings (SSSR count). The lowest BCUT2D eigenvalue weighted by Gasteiger charge is -2.15. The van der Waals surface area contributed by atoms with E-state index in [1.807, 2.05) is 36.4 Å². The minimum atomic E-state index is -1.14. The minimum Gasteiger partial charge on any atom is -0.480 e. The molecule has 0 radical (unpaired) electrons. The lowest BCUT2D eigenvalue weighted by molar-refractivity contribution is -0.135. The number of amides is 1. The molecule has 2 aromatic rings. The van der Waals surface area contributed by atoms with Crippen molar-refractivity contribution in [1.29, 1.82) is 0 Å². The predicted octanol–water partition coefficient (Wildman–Crippen LogP) is 2.57. The number of alkyl carbamates (subject to hydrolysis) is 1. The van der Waals surface area contributed by atoms with Crippen LogP contribution in [0.3, 0.4) is 0 Å². The first-order chi connectivity index (χ1) is 12.5. The zero-order valence-corrected chi connectivity index (χ0v) is 13.8. The van der Waals surface area contributed by atoms with Crippen LogP contribution in [0.1, 0.15) is 28.2 Å². The highest BCUT2D eigenvalue weighted by Crippen LogP contribution is 2.45. The number of carboxylic acids is 1. The Morgan fingerprint density at radius 2 is 1.58 bits per heavy atom. The molecular weight excluding hydrogens is 330 g/mol. The van der Waals surface area contributed by atoms with E-state index in [0.29, 0.717) is 0 Å². The maximum atomic E-state index is 11.7. The Bertz CT molecular complexity index is 915. The van der Waals surface area contributed by atoms with E-state index in [9.17, 15) is 9.59 Å². The summed E-state index contributed by atoms with van der Waals surface area (Å²) in [4.78, 5) is 22.2. The number of carbonyl (C=O) groups excluding carboxylic acids is 1. The Morgan fingerprint density at radius 1 is 1.04 bits per heavy atom. The fourth-order valence-electron chi connectivity index (χ4n) is 3.08. The standard InChI is InChI=1S/C21H15NO4/c1-3-13-5-7-15-16-8-6-14(4-2)10-18(16)19(17(15)9-13)12-26-21(25)22-11-20(23)24/h1-2,5-10,19H,11-12H2,(H,22,25)(H,23,24). The number of carboxylic acid groups (broad SMARTS) is 1. The molecule has 1 amide bonds. The minimum absolute atomic E-state index is 0.0491. The molecule has 0 atom stereocenters. The summed E-state index contributed by atoms with van der Waals surface area (Å²) in [5.41, 5.74) is 5.40. The lowest BCUT2D eigenvalue weighted by Crippen LogP contribution is -2.30. The Kier molecular flexibility index (Phi) is 4.64. The third kappa shape index (κ3) is 3.24. The number of fused-ring (bicyclic) bond motifs is 3. The van der Waals surface area contributed by atoms with Crippen LogP contribution in [0.4, 0.5) is 4.79 Å². The molecule has 0 spiro atoms. The van der Waals surface area contributed by atoms with Gasteiger partial charge in [0.25, 0.3) is 0 Å². The van der Waals surface area contributed by atoms with Crippen LogP contribution in [0.15, 0.2) is 36.4 Å². The molecule has 5 nitrogen and oxygen atoms in total. The third-order valence-electron chi connectivity index (χ3n) is 4.24. The number of terminal acetylenes is 2. The van der Waals surface area contributed by atoms with E-state index in [4.69, 9.17) is 22.7 Å². The molecule has 0 saturated heterocycles. The van der Waals surface area contributed by atoms with E-state index in [1.165, 1.54) is 0 Å². The van der Waals surface area contributed by atoms with Gasteiger partial charge in [-0.2, -0.15) is 0 Å². The number of carbonyl (C=O) groups is 2. The maximum Gasteiger partial charge on any atom is 0.407 e. The Labute approximate surface area is 151 Å². The van der Waals surface area contributed by atoms with Gasteiger partial charge >= 0.3 is 12.1 Å². The largest absolute Gasteiger partial charge is 0.480 e. The molecular formula is C21H15NO4. The molecule has 26 heavy (non-hydrogen) atoms. The van der Waals surface area contributed by atoms with Crippen molar-refractivity contribution >= 4 is 12.1 Å². The van der Waals surface area contributed by atoms with E-state index in [0.717, 1.165) is 33.4 Å². The van der Waals surface area contributed by atoms with Gasteiger partial charge < -0.3 is 15.2 Å². The molecule has 0 fully saturated rings. The third-order valence-corrected chi connectivity index (χ3v) is 4.24. The van der Waals surface area contributed by atoms with Gasteiger partial charge in [0.05, 0.1) is 0 Å². The SMILES string of the molecule is C#Cc1ccc2c(c1)C(COC(=O)NCC(=O)O)c1cc(C#C)ccc1-2. The second-order valence-corrected chi connectivity index (χ2v) is 5.79. The normalized spacial score (nSPS) is 11.6. The monoisotopic (exact) mass is 345 g/mol. The number of rotatable bonds is 4. The Hall–Kier alpha value is -3.70. The summed E-state index contributed by atoms with van der Waals surface area (Å²) in [6.45, 7) is -0.452. The van der Waals surface area contributed by atoms with Crippen LogP contribution in [-0.4, -0.2) is 30.3 Å².